The van der Waals surface area contributed by atoms with Crippen LogP contribution in [0.1, 0.15) is 39.7 Å². The summed E-state index contributed by atoms with van der Waals surface area (Å²) in [6.07, 6.45) is 3.98. The molecule has 1 fully saturated rings. The molecule has 112 valence electrons. The van der Waals surface area contributed by atoms with Gasteiger partial charge in [-0.3, -0.25) is 4.79 Å². The average Bonchev–Trinajstić information content (AvgIpc) is 2.93. The zero-order valence-electron chi connectivity index (χ0n) is 12.4. The third-order valence-electron chi connectivity index (χ3n) is 3.66. The number of halogens is 1. The van der Waals surface area contributed by atoms with E-state index in [0.717, 1.165) is 38.2 Å². The molecule has 0 amide bonds. The van der Waals surface area contributed by atoms with E-state index in [4.69, 9.17) is 0 Å². The van der Waals surface area contributed by atoms with E-state index >= 15 is 0 Å². The number of hydrogen-bond acceptors (Lipinski definition) is 4. The molecular formula is C14H23BrN4O. The maximum Gasteiger partial charge on any atom is 0.283 e. The zero-order chi connectivity index (χ0) is 14.7. The van der Waals surface area contributed by atoms with Gasteiger partial charge in [0.25, 0.3) is 5.56 Å². The van der Waals surface area contributed by atoms with Crippen LogP contribution in [0.5, 0.6) is 0 Å². The van der Waals surface area contributed by atoms with Gasteiger partial charge in [-0.1, -0.05) is 6.92 Å². The Bertz CT molecular complexity index is 508. The first-order valence-corrected chi connectivity index (χ1v) is 8.10. The minimum atomic E-state index is -0.0513. The van der Waals surface area contributed by atoms with Gasteiger partial charge in [0.15, 0.2) is 0 Å². The zero-order valence-corrected chi connectivity index (χ0v) is 14.0. The number of hydrogen-bond donors (Lipinski definition) is 1. The van der Waals surface area contributed by atoms with E-state index in [1.54, 1.807) is 0 Å². The van der Waals surface area contributed by atoms with Gasteiger partial charge in [0, 0.05) is 19.1 Å². The first-order valence-electron chi connectivity index (χ1n) is 7.31. The molecule has 1 aliphatic rings. The lowest BCUT2D eigenvalue weighted by molar-refractivity contribution is 0.498. The van der Waals surface area contributed by atoms with Crippen molar-refractivity contribution < 1.29 is 0 Å². The fourth-order valence-electron chi connectivity index (χ4n) is 2.65. The molecule has 0 bridgehead atoms. The Labute approximate surface area is 128 Å². The van der Waals surface area contributed by atoms with Crippen molar-refractivity contribution in [2.24, 2.45) is 0 Å². The molecule has 0 spiro atoms. The summed E-state index contributed by atoms with van der Waals surface area (Å²) >= 11 is 3.48. The molecule has 1 N–H and O–H groups in total. The lowest BCUT2D eigenvalue weighted by Gasteiger charge is -2.31. The second-order valence-electron chi connectivity index (χ2n) is 5.53. The lowest BCUT2D eigenvalue weighted by atomic mass is 10.2. The topological polar surface area (TPSA) is 50.2 Å². The molecule has 0 radical (unpaired) electrons. The van der Waals surface area contributed by atoms with E-state index in [1.165, 1.54) is 4.68 Å². The number of nitrogens with one attached hydrogen (secondary N) is 1. The summed E-state index contributed by atoms with van der Waals surface area (Å²) < 4.78 is 2.14. The molecule has 1 aromatic heterocycles. The Morgan fingerprint density at radius 3 is 2.90 bits per heavy atom. The van der Waals surface area contributed by atoms with Crippen molar-refractivity contribution in [1.29, 1.82) is 0 Å². The largest absolute Gasteiger partial charge is 0.365 e. The van der Waals surface area contributed by atoms with Gasteiger partial charge in [-0.25, -0.2) is 4.68 Å². The highest BCUT2D eigenvalue weighted by molar-refractivity contribution is 9.10. The quantitative estimate of drug-likeness (QED) is 0.890. The van der Waals surface area contributed by atoms with Gasteiger partial charge in [0.2, 0.25) is 0 Å². The second kappa shape index (κ2) is 6.72. The Morgan fingerprint density at radius 2 is 2.35 bits per heavy atom. The minimum Gasteiger partial charge on any atom is -0.365 e. The number of nitrogens with zero attached hydrogens (tertiary/aromatic N) is 3. The van der Waals surface area contributed by atoms with Gasteiger partial charge in [-0.05, 0) is 49.2 Å². The summed E-state index contributed by atoms with van der Waals surface area (Å²) in [7, 11) is 0. The standard InChI is InChI=1S/C14H23BrN4O/c1-4-7-18(11-5-6-16-8-11)12-9-17-19(10(2)3)14(20)13(12)15/h9-11,16H,4-8H2,1-3H3. The molecule has 20 heavy (non-hydrogen) atoms. The van der Waals surface area contributed by atoms with Gasteiger partial charge in [0.05, 0.1) is 17.9 Å². The maximum absolute atomic E-state index is 12.4. The van der Waals surface area contributed by atoms with Crippen LogP contribution < -0.4 is 15.8 Å². The van der Waals surface area contributed by atoms with Gasteiger partial charge in [0.1, 0.15) is 4.47 Å². The molecule has 2 rings (SSSR count). The molecule has 1 aliphatic heterocycles. The first-order chi connectivity index (χ1) is 9.56. The van der Waals surface area contributed by atoms with Crippen molar-refractivity contribution in [2.45, 2.75) is 45.7 Å². The molecule has 0 aromatic carbocycles. The summed E-state index contributed by atoms with van der Waals surface area (Å²) in [5.74, 6) is 0. The lowest BCUT2D eigenvalue weighted by Crippen LogP contribution is -2.39. The predicted molar refractivity (Wildman–Crippen MR) is 85.5 cm³/mol. The molecule has 1 aromatic rings. The Hall–Kier alpha value is -0.880. The van der Waals surface area contributed by atoms with Crippen molar-refractivity contribution in [2.75, 3.05) is 24.5 Å². The third-order valence-corrected chi connectivity index (χ3v) is 4.41. The van der Waals surface area contributed by atoms with Crippen LogP contribution in [0.4, 0.5) is 5.69 Å². The summed E-state index contributed by atoms with van der Waals surface area (Å²) in [6.45, 7) is 9.04. The molecule has 6 heteroatoms. The Morgan fingerprint density at radius 1 is 1.60 bits per heavy atom. The molecule has 2 heterocycles. The molecule has 1 saturated heterocycles. The fourth-order valence-corrected chi connectivity index (χ4v) is 3.16. The molecule has 1 atom stereocenters. The van der Waals surface area contributed by atoms with E-state index < -0.39 is 0 Å². The van der Waals surface area contributed by atoms with Gasteiger partial charge in [-0.2, -0.15) is 5.10 Å². The van der Waals surface area contributed by atoms with Crippen LogP contribution in [0.15, 0.2) is 15.5 Å². The first kappa shape index (κ1) is 15.5. The fraction of sp³-hybridized carbons (Fsp3) is 0.714. The third kappa shape index (κ3) is 3.06. The van der Waals surface area contributed by atoms with Crippen LogP contribution in [0.2, 0.25) is 0 Å². The molecule has 0 saturated carbocycles. The highest BCUT2D eigenvalue weighted by atomic mass is 79.9. The predicted octanol–water partition coefficient (Wildman–Crippen LogP) is 2.17. The summed E-state index contributed by atoms with van der Waals surface area (Å²) in [5.41, 5.74) is 0.868. The van der Waals surface area contributed by atoms with Crippen LogP contribution in [0.3, 0.4) is 0 Å². The van der Waals surface area contributed by atoms with Crippen LogP contribution in [-0.4, -0.2) is 35.5 Å². The van der Waals surface area contributed by atoms with Crippen LogP contribution >= 0.6 is 15.9 Å². The normalized spacial score (nSPS) is 18.8. The number of aromatic nitrogens is 2. The highest BCUT2D eigenvalue weighted by Gasteiger charge is 2.25. The Kier molecular flexibility index (Phi) is 5.21. The molecule has 1 unspecified atom stereocenters. The summed E-state index contributed by atoms with van der Waals surface area (Å²) in [6, 6.07) is 0.517. The maximum atomic E-state index is 12.4. The van der Waals surface area contributed by atoms with E-state index in [9.17, 15) is 4.79 Å². The Balaban J connectivity index is 2.38. The van der Waals surface area contributed by atoms with Crippen molar-refractivity contribution in [1.82, 2.24) is 15.1 Å². The monoisotopic (exact) mass is 342 g/mol. The van der Waals surface area contributed by atoms with E-state index in [-0.39, 0.29) is 11.6 Å². The second-order valence-corrected chi connectivity index (χ2v) is 6.32. The van der Waals surface area contributed by atoms with Crippen LogP contribution in [0.25, 0.3) is 0 Å². The van der Waals surface area contributed by atoms with E-state index in [0.29, 0.717) is 10.5 Å². The molecule has 0 aliphatic carbocycles. The smallest absolute Gasteiger partial charge is 0.283 e. The average molecular weight is 343 g/mol. The van der Waals surface area contributed by atoms with E-state index in [2.05, 4.69) is 38.2 Å². The minimum absolute atomic E-state index is 0.0513. The van der Waals surface area contributed by atoms with Crippen molar-refractivity contribution in [3.05, 3.63) is 21.0 Å². The number of anilines is 1. The number of rotatable bonds is 5. The molecule has 5 nitrogen and oxygen atoms in total. The van der Waals surface area contributed by atoms with Crippen LogP contribution in [0, 0.1) is 0 Å². The van der Waals surface area contributed by atoms with Crippen molar-refractivity contribution in [3.8, 4) is 0 Å². The van der Waals surface area contributed by atoms with Gasteiger partial charge < -0.3 is 10.2 Å². The van der Waals surface area contributed by atoms with Crippen molar-refractivity contribution in [3.63, 3.8) is 0 Å². The summed E-state index contributed by atoms with van der Waals surface area (Å²) in [5, 5.41) is 7.71. The van der Waals surface area contributed by atoms with Gasteiger partial charge in [-0.15, -0.1) is 0 Å². The molecular weight excluding hydrogens is 320 g/mol. The van der Waals surface area contributed by atoms with E-state index in [1.807, 2.05) is 20.0 Å². The van der Waals surface area contributed by atoms with Crippen LogP contribution in [-0.2, 0) is 0 Å². The SMILES string of the molecule is CCCN(c1cnn(C(C)C)c(=O)c1Br)C1CCNC1. The summed E-state index contributed by atoms with van der Waals surface area (Å²) in [4.78, 5) is 14.7. The van der Waals surface area contributed by atoms with Gasteiger partial charge >= 0.3 is 0 Å². The van der Waals surface area contributed by atoms with Crippen molar-refractivity contribution >= 4 is 21.6 Å². The highest BCUT2D eigenvalue weighted by Crippen LogP contribution is 2.26.